The van der Waals surface area contributed by atoms with Crippen LogP contribution in [-0.2, 0) is 6.18 Å². The molecule has 11 atom stereocenters. The van der Waals surface area contributed by atoms with Gasteiger partial charge in [-0.25, -0.2) is 4.79 Å². The van der Waals surface area contributed by atoms with Gasteiger partial charge in [-0.15, -0.1) is 0 Å². The summed E-state index contributed by atoms with van der Waals surface area (Å²) in [6.07, 6.45) is 8.25. The summed E-state index contributed by atoms with van der Waals surface area (Å²) in [4.78, 5) is 31.4. The van der Waals surface area contributed by atoms with Crippen molar-refractivity contribution >= 4 is 22.6 Å². The highest BCUT2D eigenvalue weighted by Gasteiger charge is 2.74. The third-order valence-electron chi connectivity index (χ3n) is 18.5. The highest BCUT2D eigenvalue weighted by Crippen LogP contribution is 2.78. The molecule has 0 radical (unpaired) electrons. The molecule has 2 spiro atoms. The van der Waals surface area contributed by atoms with E-state index in [2.05, 4.69) is 39.8 Å². The summed E-state index contributed by atoms with van der Waals surface area (Å²) in [6, 6.07) is 18.3. The van der Waals surface area contributed by atoms with E-state index in [1.807, 2.05) is 48.5 Å². The molecule has 3 aromatic rings. The van der Waals surface area contributed by atoms with Crippen LogP contribution in [0.2, 0.25) is 0 Å². The predicted octanol–water partition coefficient (Wildman–Crippen LogP) is 11.2. The number of allylic oxidation sites excluding steroid dienone is 4. The first-order valence-corrected chi connectivity index (χ1v) is 22.4. The van der Waals surface area contributed by atoms with Gasteiger partial charge in [0, 0.05) is 33.9 Å². The zero-order valence-corrected chi connectivity index (χ0v) is 35.2. The Hall–Kier alpha value is -3.95. The normalized spacial score (nSPS) is 39.5. The molecule has 6 saturated carbocycles. The molecule has 2 N–H and O–H groups in total. The number of ether oxygens (including phenoxy) is 1. The summed E-state index contributed by atoms with van der Waals surface area (Å²) in [5, 5.41) is 26.4. The van der Waals surface area contributed by atoms with Crippen molar-refractivity contribution < 1.29 is 37.7 Å². The second kappa shape index (κ2) is 13.3. The van der Waals surface area contributed by atoms with Crippen LogP contribution in [0.5, 0.6) is 5.75 Å². The number of fused-ring (bicyclic) bond motifs is 4. The van der Waals surface area contributed by atoms with Gasteiger partial charge in [0.2, 0.25) is 0 Å². The van der Waals surface area contributed by atoms with Crippen molar-refractivity contribution in [1.82, 2.24) is 4.90 Å². The molecule has 9 aliphatic carbocycles. The van der Waals surface area contributed by atoms with Gasteiger partial charge >= 0.3 is 12.3 Å². The lowest BCUT2D eigenvalue weighted by Gasteiger charge is -2.71. The van der Waals surface area contributed by atoms with Crippen molar-refractivity contribution in [3.8, 4) is 5.75 Å². The van der Waals surface area contributed by atoms with Crippen LogP contribution in [0.3, 0.4) is 0 Å². The average molecular weight is 822 g/mol. The van der Waals surface area contributed by atoms with Crippen molar-refractivity contribution in [2.24, 2.45) is 56.7 Å². The minimum atomic E-state index is -4.61. The highest BCUT2D eigenvalue weighted by molar-refractivity contribution is 6.10. The fourth-order valence-electron chi connectivity index (χ4n) is 15.0. The van der Waals surface area contributed by atoms with Crippen molar-refractivity contribution in [3.63, 3.8) is 0 Å². The van der Waals surface area contributed by atoms with E-state index in [-0.39, 0.29) is 40.7 Å². The van der Waals surface area contributed by atoms with Crippen LogP contribution in [0.15, 0.2) is 90.5 Å². The third kappa shape index (κ3) is 5.58. The summed E-state index contributed by atoms with van der Waals surface area (Å²) in [6.45, 7) is 9.67. The summed E-state index contributed by atoms with van der Waals surface area (Å²) >= 11 is 0. The Morgan fingerprint density at radius 3 is 2.32 bits per heavy atom. The van der Waals surface area contributed by atoms with Gasteiger partial charge in [0.15, 0.2) is 5.78 Å². The number of Topliss-reactive ketones (excluding diaryl/α,β-unsaturated/α-hetero) is 1. The average Bonchev–Trinajstić information content (AvgIpc) is 3.49. The number of rotatable bonds is 7. The summed E-state index contributed by atoms with van der Waals surface area (Å²) in [5.41, 5.74) is -4.04. The number of alkyl halides is 3. The molecule has 0 saturated heterocycles. The number of ketones is 1. The maximum absolute atomic E-state index is 15.0. The van der Waals surface area contributed by atoms with E-state index in [0.717, 1.165) is 48.6 Å². The predicted molar refractivity (Wildman–Crippen MR) is 224 cm³/mol. The molecule has 9 aliphatic rings. The first kappa shape index (κ1) is 40.1. The van der Waals surface area contributed by atoms with Gasteiger partial charge in [-0.05, 0) is 140 Å². The van der Waals surface area contributed by atoms with Gasteiger partial charge in [0.05, 0.1) is 23.8 Å². The van der Waals surface area contributed by atoms with Crippen LogP contribution in [0.1, 0.15) is 108 Å². The minimum absolute atomic E-state index is 0.00334. The molecule has 318 valence electrons. The second-order valence-corrected chi connectivity index (χ2v) is 21.2. The van der Waals surface area contributed by atoms with Gasteiger partial charge in [0.25, 0.3) is 0 Å². The Balaban J connectivity index is 1.02. The Bertz CT molecular complexity index is 2330. The number of benzene rings is 3. The van der Waals surface area contributed by atoms with Crippen molar-refractivity contribution in [2.45, 2.75) is 110 Å². The van der Waals surface area contributed by atoms with Crippen molar-refractivity contribution in [3.05, 3.63) is 102 Å². The molecule has 1 amide bonds. The monoisotopic (exact) mass is 821 g/mol. The molecule has 9 heteroatoms. The number of hydrogen-bond donors (Lipinski definition) is 2. The molecule has 6 nitrogen and oxygen atoms in total. The molecule has 0 aromatic heterocycles. The van der Waals surface area contributed by atoms with Crippen LogP contribution in [0.25, 0.3) is 10.8 Å². The Morgan fingerprint density at radius 2 is 1.57 bits per heavy atom. The van der Waals surface area contributed by atoms with Gasteiger partial charge < -0.3 is 19.8 Å². The largest absolute Gasteiger partial charge is 0.416 e. The zero-order chi connectivity index (χ0) is 42.3. The molecule has 3 aromatic carbocycles. The van der Waals surface area contributed by atoms with E-state index >= 15 is 0 Å². The number of amides is 1. The van der Waals surface area contributed by atoms with E-state index < -0.39 is 51.6 Å². The number of aliphatic hydroxyl groups is 2. The van der Waals surface area contributed by atoms with Crippen LogP contribution in [0.4, 0.5) is 18.0 Å². The molecule has 0 heterocycles. The van der Waals surface area contributed by atoms with E-state index in [1.165, 1.54) is 12.1 Å². The number of carbonyl (C=O) groups is 2. The number of carbonyl (C=O) groups excluding carboxylic acids is 2. The smallest absolute Gasteiger partial charge is 0.410 e. The van der Waals surface area contributed by atoms with Crippen molar-refractivity contribution in [2.75, 3.05) is 13.1 Å². The first-order chi connectivity index (χ1) is 28.3. The molecule has 12 rings (SSSR count). The molecule has 4 bridgehead atoms. The standard InChI is InChI=1S/C51H58F3NO5/c1-45(2)35-14-12-34(39(45)26-35)29-55(44(58)60-38-15-13-31-8-5-6-9-32(31)25-38)30-49(59)21-18-42-47(49,4)20-17-41-46(3)19-16-37(56)27-48(46)22-23-50(41,42)40(28-48)43(57)33-10-7-11-36(24-33)51(52,53)54/h5-11,13,15,22-25,28,34-35,37,39,41-42,56,59H,12,14,16-21,26-27,29-30H2,1-4H3/t34-,35-,37?,39-,41+,42+,46+,47-,48-,49+,50+/m0/s1. The third-order valence-corrected chi connectivity index (χ3v) is 18.5. The molecule has 6 fully saturated rings. The summed E-state index contributed by atoms with van der Waals surface area (Å²) in [5.74, 6) is 1.21. The number of hydrogen-bond acceptors (Lipinski definition) is 5. The SMILES string of the molecule is CC1(C)[C@H]2CC[C@@H](CN(C[C@]3(O)CC[C@H]4[C@]56C=C[C@@]7(C=C5C(=O)c5cccc(C(F)(F)F)c5)CC(O)CC[C@]7(C)[C@H]6CC[C@@]43C)C(=O)Oc3ccc4ccccc4c3)[C@@H]1C2. The van der Waals surface area contributed by atoms with Crippen LogP contribution >= 0.6 is 0 Å². The highest BCUT2D eigenvalue weighted by atomic mass is 19.4. The van der Waals surface area contributed by atoms with E-state index in [0.29, 0.717) is 68.2 Å². The fraction of sp³-hybridized carbons (Fsp3) is 0.569. The Kier molecular flexibility index (Phi) is 8.88. The number of nitrogens with zero attached hydrogens (tertiary/aromatic N) is 1. The van der Waals surface area contributed by atoms with Crippen LogP contribution < -0.4 is 4.74 Å². The maximum Gasteiger partial charge on any atom is 0.416 e. The lowest BCUT2D eigenvalue weighted by molar-refractivity contribution is -0.176. The quantitative estimate of drug-likeness (QED) is 0.183. The van der Waals surface area contributed by atoms with E-state index in [1.54, 1.807) is 4.90 Å². The van der Waals surface area contributed by atoms with Crippen LogP contribution in [-0.4, -0.2) is 51.8 Å². The van der Waals surface area contributed by atoms with E-state index in [9.17, 15) is 33.0 Å². The molecule has 0 aliphatic heterocycles. The molecular weight excluding hydrogens is 764 g/mol. The molecule has 1 unspecified atom stereocenters. The molecule has 60 heavy (non-hydrogen) atoms. The fourth-order valence-corrected chi connectivity index (χ4v) is 15.0. The topological polar surface area (TPSA) is 87.1 Å². The summed E-state index contributed by atoms with van der Waals surface area (Å²) < 4.78 is 48.3. The lowest BCUT2D eigenvalue weighted by Crippen LogP contribution is -2.67. The zero-order valence-electron chi connectivity index (χ0n) is 35.2. The first-order valence-electron chi connectivity index (χ1n) is 22.4. The molecular formula is C51H58F3NO5. The van der Waals surface area contributed by atoms with Gasteiger partial charge in [0.1, 0.15) is 5.75 Å². The van der Waals surface area contributed by atoms with Gasteiger partial charge in [-0.3, -0.25) is 4.79 Å². The van der Waals surface area contributed by atoms with Crippen LogP contribution in [0, 0.1) is 56.7 Å². The van der Waals surface area contributed by atoms with Crippen molar-refractivity contribution in [1.29, 1.82) is 0 Å². The Morgan fingerprint density at radius 1 is 0.833 bits per heavy atom. The number of halogens is 3. The van der Waals surface area contributed by atoms with Gasteiger partial charge in [-0.1, -0.05) is 88.4 Å². The lowest BCUT2D eigenvalue weighted by atomic mass is 9.32. The van der Waals surface area contributed by atoms with Gasteiger partial charge in [-0.2, -0.15) is 13.2 Å². The minimum Gasteiger partial charge on any atom is -0.410 e. The second-order valence-electron chi connectivity index (χ2n) is 21.2. The van der Waals surface area contributed by atoms with E-state index in [4.69, 9.17) is 4.74 Å². The maximum atomic E-state index is 15.0. The Labute approximate surface area is 351 Å². The summed E-state index contributed by atoms with van der Waals surface area (Å²) in [7, 11) is 0. The number of aliphatic hydroxyl groups excluding tert-OH is 1.